The summed E-state index contributed by atoms with van der Waals surface area (Å²) in [7, 11) is 0. The number of nitrogens with one attached hydrogen (secondary N) is 1. The van der Waals surface area contributed by atoms with Crippen LogP contribution in [0.3, 0.4) is 0 Å². The van der Waals surface area contributed by atoms with E-state index in [2.05, 4.69) is 9.97 Å². The summed E-state index contributed by atoms with van der Waals surface area (Å²) >= 11 is 0. The number of imidazole rings is 1. The average Bonchev–Trinajstić information content (AvgIpc) is 2.91. The molecule has 0 saturated heterocycles. The Balaban J connectivity index is 1.85. The minimum Gasteiger partial charge on any atom is -0.398 e. The number of nitrogen functional groups attached to an aromatic ring is 1. The highest BCUT2D eigenvalue weighted by molar-refractivity contribution is 5.92. The van der Waals surface area contributed by atoms with Crippen molar-refractivity contribution in [1.29, 1.82) is 0 Å². The van der Waals surface area contributed by atoms with Gasteiger partial charge in [-0.2, -0.15) is 0 Å². The van der Waals surface area contributed by atoms with Gasteiger partial charge in [-0.15, -0.1) is 0 Å². The van der Waals surface area contributed by atoms with Gasteiger partial charge < -0.3 is 15.6 Å². The van der Waals surface area contributed by atoms with Crippen molar-refractivity contribution in [3.8, 4) is 0 Å². The van der Waals surface area contributed by atoms with Gasteiger partial charge in [0.25, 0.3) is 5.91 Å². The van der Waals surface area contributed by atoms with Crippen molar-refractivity contribution in [2.75, 3.05) is 12.3 Å². The minimum atomic E-state index is -0.0134. The van der Waals surface area contributed by atoms with Crippen LogP contribution in [0.15, 0.2) is 30.7 Å². The second kappa shape index (κ2) is 4.18. The molecule has 0 saturated carbocycles. The molecule has 0 fully saturated rings. The largest absolute Gasteiger partial charge is 0.398 e. The lowest BCUT2D eigenvalue weighted by atomic mass is 9.98. The highest BCUT2D eigenvalue weighted by atomic mass is 16.2. The number of rotatable bonds is 1. The summed E-state index contributed by atoms with van der Waals surface area (Å²) in [5.74, 6) is -0.0134. The Kier molecular flexibility index (Phi) is 2.51. The molecule has 18 heavy (non-hydrogen) atoms. The van der Waals surface area contributed by atoms with E-state index in [9.17, 15) is 4.79 Å². The van der Waals surface area contributed by atoms with Gasteiger partial charge in [-0.1, -0.05) is 12.1 Å². The van der Waals surface area contributed by atoms with Crippen molar-refractivity contribution in [1.82, 2.24) is 14.9 Å². The molecule has 2 heterocycles. The molecule has 0 unspecified atom stereocenters. The first kappa shape index (κ1) is 10.8. The summed E-state index contributed by atoms with van der Waals surface area (Å²) < 4.78 is 0. The Labute approximate surface area is 105 Å². The van der Waals surface area contributed by atoms with Crippen LogP contribution in [0.1, 0.15) is 21.6 Å². The second-order valence-corrected chi connectivity index (χ2v) is 4.43. The average molecular weight is 242 g/mol. The van der Waals surface area contributed by atoms with E-state index in [4.69, 9.17) is 5.73 Å². The molecule has 2 aromatic rings. The summed E-state index contributed by atoms with van der Waals surface area (Å²) in [4.78, 5) is 20.7. The number of amides is 1. The number of hydrogen-bond acceptors (Lipinski definition) is 3. The number of aromatic nitrogens is 2. The van der Waals surface area contributed by atoms with E-state index < -0.39 is 0 Å². The zero-order chi connectivity index (χ0) is 12.5. The molecule has 1 amide bonds. The lowest BCUT2D eigenvalue weighted by molar-refractivity contribution is 0.0729. The first-order valence-electron chi connectivity index (χ1n) is 5.89. The normalized spacial score (nSPS) is 14.3. The van der Waals surface area contributed by atoms with Crippen molar-refractivity contribution in [3.63, 3.8) is 0 Å². The lowest BCUT2D eigenvalue weighted by Gasteiger charge is -2.29. The minimum absolute atomic E-state index is 0.0134. The zero-order valence-electron chi connectivity index (χ0n) is 9.89. The third kappa shape index (κ3) is 1.73. The molecule has 0 bridgehead atoms. The summed E-state index contributed by atoms with van der Waals surface area (Å²) in [6, 6.07) is 5.86. The summed E-state index contributed by atoms with van der Waals surface area (Å²) in [5.41, 5.74) is 9.59. The van der Waals surface area contributed by atoms with E-state index in [1.807, 2.05) is 23.1 Å². The van der Waals surface area contributed by atoms with Crippen LogP contribution < -0.4 is 5.73 Å². The number of fused-ring (bicyclic) bond motifs is 1. The highest BCUT2D eigenvalue weighted by Gasteiger charge is 2.23. The Hall–Kier alpha value is -2.30. The maximum absolute atomic E-state index is 12.2. The third-order valence-electron chi connectivity index (χ3n) is 3.32. The number of nitrogens with zero attached hydrogens (tertiary/aromatic N) is 2. The Morgan fingerprint density at radius 3 is 3.11 bits per heavy atom. The van der Waals surface area contributed by atoms with Crippen molar-refractivity contribution in [3.05, 3.63) is 47.5 Å². The van der Waals surface area contributed by atoms with E-state index in [0.29, 0.717) is 18.8 Å². The van der Waals surface area contributed by atoms with Crippen molar-refractivity contribution in [2.45, 2.75) is 13.0 Å². The van der Waals surface area contributed by atoms with Gasteiger partial charge in [-0.05, 0) is 23.6 Å². The van der Waals surface area contributed by atoms with E-state index in [0.717, 1.165) is 17.7 Å². The zero-order valence-corrected chi connectivity index (χ0v) is 9.89. The van der Waals surface area contributed by atoms with Crippen molar-refractivity contribution in [2.24, 2.45) is 0 Å². The molecule has 5 nitrogen and oxygen atoms in total. The Morgan fingerprint density at radius 2 is 2.33 bits per heavy atom. The van der Waals surface area contributed by atoms with Crippen molar-refractivity contribution >= 4 is 11.6 Å². The number of nitrogens with two attached hydrogens (primary N) is 1. The fourth-order valence-corrected chi connectivity index (χ4v) is 2.36. The number of carbonyl (C=O) groups excluding carboxylic acids is 1. The van der Waals surface area contributed by atoms with E-state index in [1.54, 1.807) is 6.20 Å². The molecule has 92 valence electrons. The van der Waals surface area contributed by atoms with Crippen LogP contribution in [-0.2, 0) is 13.0 Å². The number of carbonyl (C=O) groups is 1. The molecule has 3 N–H and O–H groups in total. The Morgan fingerprint density at radius 1 is 1.44 bits per heavy atom. The van der Waals surface area contributed by atoms with Gasteiger partial charge in [-0.25, -0.2) is 4.98 Å². The molecule has 0 aliphatic carbocycles. The van der Waals surface area contributed by atoms with Gasteiger partial charge >= 0.3 is 0 Å². The first-order chi connectivity index (χ1) is 8.75. The maximum atomic E-state index is 12.2. The van der Waals surface area contributed by atoms with Crippen LogP contribution in [0.5, 0.6) is 0 Å². The molecule has 5 heteroatoms. The summed E-state index contributed by atoms with van der Waals surface area (Å²) in [6.07, 6.45) is 3.88. The van der Waals surface area contributed by atoms with Gasteiger partial charge in [0.15, 0.2) is 0 Å². The number of H-pyrrole nitrogens is 1. The summed E-state index contributed by atoms with van der Waals surface area (Å²) in [5, 5.41) is 0. The van der Waals surface area contributed by atoms with E-state index in [1.165, 1.54) is 11.9 Å². The van der Waals surface area contributed by atoms with Crippen LogP contribution >= 0.6 is 0 Å². The smallest absolute Gasteiger partial charge is 0.272 e. The highest BCUT2D eigenvalue weighted by Crippen LogP contribution is 2.24. The fourth-order valence-electron chi connectivity index (χ4n) is 2.36. The number of aromatic amines is 1. The van der Waals surface area contributed by atoms with Crippen LogP contribution in [-0.4, -0.2) is 27.3 Å². The predicted molar refractivity (Wildman–Crippen MR) is 67.9 cm³/mol. The van der Waals surface area contributed by atoms with Crippen LogP contribution in [0.2, 0.25) is 0 Å². The Bertz CT molecular complexity index is 577. The van der Waals surface area contributed by atoms with E-state index in [-0.39, 0.29) is 5.91 Å². The number of anilines is 1. The first-order valence-corrected chi connectivity index (χ1v) is 5.89. The molecule has 0 spiro atoms. The standard InChI is InChI=1S/C13H14N4O/c14-11-3-1-2-9-7-17(5-4-10(9)11)13(18)12-6-15-8-16-12/h1-3,6,8H,4-5,7,14H2,(H,15,16). The lowest BCUT2D eigenvalue weighted by Crippen LogP contribution is -2.36. The van der Waals surface area contributed by atoms with Gasteiger partial charge in [0.05, 0.1) is 12.5 Å². The SMILES string of the molecule is Nc1cccc2c1CCN(C(=O)c1cnc[nH]1)C2. The molecule has 1 aromatic carbocycles. The fraction of sp³-hybridized carbons (Fsp3) is 0.231. The van der Waals surface area contributed by atoms with E-state index >= 15 is 0 Å². The van der Waals surface area contributed by atoms with Crippen LogP contribution in [0, 0.1) is 0 Å². The summed E-state index contributed by atoms with van der Waals surface area (Å²) in [6.45, 7) is 1.30. The molecular weight excluding hydrogens is 228 g/mol. The van der Waals surface area contributed by atoms with Gasteiger partial charge in [0.1, 0.15) is 5.69 Å². The monoisotopic (exact) mass is 242 g/mol. The predicted octanol–water partition coefficient (Wildman–Crippen LogP) is 1.19. The maximum Gasteiger partial charge on any atom is 0.272 e. The van der Waals surface area contributed by atoms with Crippen molar-refractivity contribution < 1.29 is 4.79 Å². The topological polar surface area (TPSA) is 75.0 Å². The molecule has 1 aliphatic rings. The molecule has 0 atom stereocenters. The number of benzene rings is 1. The quantitative estimate of drug-likeness (QED) is 0.737. The second-order valence-electron chi connectivity index (χ2n) is 4.43. The van der Waals surface area contributed by atoms with Crippen LogP contribution in [0.4, 0.5) is 5.69 Å². The molecule has 3 rings (SSSR count). The molecule has 1 aromatic heterocycles. The molecular formula is C13H14N4O. The van der Waals surface area contributed by atoms with Gasteiger partial charge in [0, 0.05) is 18.8 Å². The third-order valence-corrected chi connectivity index (χ3v) is 3.32. The van der Waals surface area contributed by atoms with Gasteiger partial charge in [-0.3, -0.25) is 4.79 Å². The van der Waals surface area contributed by atoms with Gasteiger partial charge in [0.2, 0.25) is 0 Å². The number of hydrogen-bond donors (Lipinski definition) is 2. The molecule has 0 radical (unpaired) electrons. The van der Waals surface area contributed by atoms with Crippen LogP contribution in [0.25, 0.3) is 0 Å². The molecule has 1 aliphatic heterocycles.